The van der Waals surface area contributed by atoms with Crippen molar-refractivity contribution >= 4 is 5.91 Å². The van der Waals surface area contributed by atoms with E-state index in [1.54, 1.807) is 6.92 Å². The first-order chi connectivity index (χ1) is 12.6. The van der Waals surface area contributed by atoms with E-state index >= 15 is 0 Å². The van der Waals surface area contributed by atoms with Crippen molar-refractivity contribution in [3.63, 3.8) is 0 Å². The maximum absolute atomic E-state index is 13.1. The molecule has 6 nitrogen and oxygen atoms in total. The quantitative estimate of drug-likeness (QED) is 0.555. The van der Waals surface area contributed by atoms with Gasteiger partial charge in [0.1, 0.15) is 5.92 Å². The number of halogens is 5. The molecule has 27 heavy (non-hydrogen) atoms. The number of aromatic nitrogens is 2. The molecule has 0 radical (unpaired) electrons. The van der Waals surface area contributed by atoms with Crippen molar-refractivity contribution in [1.29, 1.82) is 0 Å². The highest BCUT2D eigenvalue weighted by Crippen LogP contribution is 2.49. The van der Waals surface area contributed by atoms with Crippen LogP contribution < -0.4 is 0 Å². The first-order valence-corrected chi connectivity index (χ1v) is 7.94. The van der Waals surface area contributed by atoms with E-state index in [1.165, 1.54) is 24.3 Å². The summed E-state index contributed by atoms with van der Waals surface area (Å²) in [4.78, 5) is 20.5. The van der Waals surface area contributed by atoms with Crippen LogP contribution in [0.3, 0.4) is 0 Å². The molecule has 1 aromatic carbocycles. The molecule has 0 bridgehead atoms. The third kappa shape index (κ3) is 4.24. The van der Waals surface area contributed by atoms with Crippen molar-refractivity contribution in [2.75, 3.05) is 6.61 Å². The van der Waals surface area contributed by atoms with Crippen LogP contribution in [-0.2, 0) is 22.4 Å². The molecule has 1 aromatic heterocycles. The first-order valence-electron chi connectivity index (χ1n) is 7.94. The van der Waals surface area contributed by atoms with Gasteiger partial charge in [-0.3, -0.25) is 9.63 Å². The van der Waals surface area contributed by atoms with Gasteiger partial charge in [-0.2, -0.15) is 18.2 Å². The van der Waals surface area contributed by atoms with Crippen molar-refractivity contribution in [2.45, 2.75) is 32.0 Å². The second kappa shape index (κ2) is 6.87. The molecule has 3 rings (SSSR count). The summed E-state index contributed by atoms with van der Waals surface area (Å²) in [7, 11) is 0. The van der Waals surface area contributed by atoms with Gasteiger partial charge in [0.25, 0.3) is 11.8 Å². The molecule has 1 aliphatic carbocycles. The summed E-state index contributed by atoms with van der Waals surface area (Å²) in [6.45, 7) is 1.65. The summed E-state index contributed by atoms with van der Waals surface area (Å²) < 4.78 is 67.9. The van der Waals surface area contributed by atoms with E-state index in [0.717, 1.165) is 5.06 Å². The Kier molecular flexibility index (Phi) is 4.89. The van der Waals surface area contributed by atoms with Gasteiger partial charge in [0.05, 0.1) is 13.2 Å². The van der Waals surface area contributed by atoms with E-state index in [9.17, 15) is 26.7 Å². The van der Waals surface area contributed by atoms with Gasteiger partial charge in [-0.1, -0.05) is 29.4 Å². The van der Waals surface area contributed by atoms with E-state index in [0.29, 0.717) is 5.56 Å². The van der Waals surface area contributed by atoms with Crippen molar-refractivity contribution in [3.05, 3.63) is 35.7 Å². The molecule has 11 heteroatoms. The van der Waals surface area contributed by atoms with Crippen LogP contribution in [0.4, 0.5) is 22.0 Å². The minimum absolute atomic E-state index is 0.0838. The largest absolute Gasteiger partial charge is 0.471 e. The Labute approximate surface area is 149 Å². The molecule has 1 saturated carbocycles. The van der Waals surface area contributed by atoms with Crippen molar-refractivity contribution < 1.29 is 36.1 Å². The third-order valence-electron chi connectivity index (χ3n) is 3.86. The Bertz CT molecular complexity index is 819. The first kappa shape index (κ1) is 19.2. The molecule has 1 amide bonds. The van der Waals surface area contributed by atoms with Gasteiger partial charge in [0, 0.05) is 12.0 Å². The number of rotatable bonds is 6. The van der Waals surface area contributed by atoms with E-state index in [4.69, 9.17) is 4.84 Å². The number of hydroxylamine groups is 2. The van der Waals surface area contributed by atoms with Crippen LogP contribution in [-0.4, -0.2) is 33.6 Å². The molecule has 1 unspecified atom stereocenters. The minimum Gasteiger partial charge on any atom is -0.329 e. The fraction of sp³-hybridized carbons (Fsp3) is 0.438. The number of alkyl halides is 5. The zero-order valence-electron chi connectivity index (χ0n) is 14.0. The Morgan fingerprint density at radius 3 is 2.44 bits per heavy atom. The van der Waals surface area contributed by atoms with Crippen LogP contribution in [0.25, 0.3) is 11.4 Å². The van der Waals surface area contributed by atoms with Crippen molar-refractivity contribution in [1.82, 2.24) is 15.2 Å². The average Bonchev–Trinajstić information content (AvgIpc) is 3.01. The van der Waals surface area contributed by atoms with E-state index < -0.39 is 36.2 Å². The van der Waals surface area contributed by atoms with Crippen LogP contribution in [0, 0.1) is 5.92 Å². The molecule has 1 atom stereocenters. The maximum atomic E-state index is 13.1. The summed E-state index contributed by atoms with van der Waals surface area (Å²) in [5.41, 5.74) is 0.796. The molecular formula is C16H14F5N3O3. The van der Waals surface area contributed by atoms with Gasteiger partial charge in [-0.05, 0) is 12.5 Å². The molecule has 1 aliphatic rings. The summed E-state index contributed by atoms with van der Waals surface area (Å²) in [6.07, 6.45) is -5.25. The van der Waals surface area contributed by atoms with Crippen LogP contribution in [0.5, 0.6) is 0 Å². The Morgan fingerprint density at radius 2 is 1.96 bits per heavy atom. The molecular weight excluding hydrogens is 377 g/mol. The van der Waals surface area contributed by atoms with Crippen molar-refractivity contribution in [2.24, 2.45) is 5.92 Å². The highest BCUT2D eigenvalue weighted by molar-refractivity contribution is 5.82. The van der Waals surface area contributed by atoms with Gasteiger partial charge in [-0.25, -0.2) is 13.8 Å². The number of hydrogen-bond acceptors (Lipinski definition) is 5. The van der Waals surface area contributed by atoms with Crippen LogP contribution in [0.1, 0.15) is 24.8 Å². The lowest BCUT2D eigenvalue weighted by atomic mass is 10.1. The lowest BCUT2D eigenvalue weighted by Crippen LogP contribution is -2.33. The summed E-state index contributed by atoms with van der Waals surface area (Å²) in [6, 6.07) is 5.87. The highest BCUT2D eigenvalue weighted by atomic mass is 19.4. The number of amides is 1. The molecule has 2 aromatic rings. The smallest absolute Gasteiger partial charge is 0.329 e. The lowest BCUT2D eigenvalue weighted by molar-refractivity contribution is -0.192. The van der Waals surface area contributed by atoms with Crippen LogP contribution >= 0.6 is 0 Å². The fourth-order valence-corrected chi connectivity index (χ4v) is 2.38. The number of benzene rings is 1. The predicted octanol–water partition coefficient (Wildman–Crippen LogP) is 3.69. The van der Waals surface area contributed by atoms with Gasteiger partial charge in [-0.15, -0.1) is 0 Å². The summed E-state index contributed by atoms with van der Waals surface area (Å²) in [5.74, 6) is -6.91. The normalized spacial score (nSPS) is 18.4. The Balaban J connectivity index is 1.70. The zero-order valence-corrected chi connectivity index (χ0v) is 14.0. The van der Waals surface area contributed by atoms with Crippen LogP contribution in [0.2, 0.25) is 0 Å². The Hall–Kier alpha value is -2.56. The molecule has 1 heterocycles. The molecule has 146 valence electrons. The number of carbonyl (C=O) groups excluding carboxylic acids is 1. The molecule has 0 spiro atoms. The van der Waals surface area contributed by atoms with E-state index in [2.05, 4.69) is 14.7 Å². The molecule has 1 fully saturated rings. The topological polar surface area (TPSA) is 68.5 Å². The summed E-state index contributed by atoms with van der Waals surface area (Å²) >= 11 is 0. The van der Waals surface area contributed by atoms with E-state index in [1.807, 2.05) is 0 Å². The van der Waals surface area contributed by atoms with E-state index in [-0.39, 0.29) is 24.5 Å². The number of carbonyl (C=O) groups is 1. The minimum atomic E-state index is -4.74. The lowest BCUT2D eigenvalue weighted by Gasteiger charge is -2.21. The third-order valence-corrected chi connectivity index (χ3v) is 3.86. The Morgan fingerprint density at radius 1 is 1.33 bits per heavy atom. The van der Waals surface area contributed by atoms with Gasteiger partial charge >= 0.3 is 12.1 Å². The average molecular weight is 391 g/mol. The SMILES string of the molecule is CCON(Cc1ccc(-c2noc(C(F)(F)F)n2)cc1)C(=O)C1CC1(F)F. The molecule has 0 aliphatic heterocycles. The van der Waals surface area contributed by atoms with Gasteiger partial charge < -0.3 is 4.52 Å². The predicted molar refractivity (Wildman–Crippen MR) is 80.0 cm³/mol. The number of hydrogen-bond donors (Lipinski definition) is 0. The highest BCUT2D eigenvalue weighted by Gasteiger charge is 2.62. The molecule has 0 N–H and O–H groups in total. The number of nitrogens with zero attached hydrogens (tertiary/aromatic N) is 3. The molecule has 0 saturated heterocycles. The second-order valence-corrected chi connectivity index (χ2v) is 5.93. The standard InChI is InChI=1S/C16H14F5N3O3/c1-2-26-24(13(25)11-7-15(11,17)18)8-9-3-5-10(6-4-9)12-22-14(27-23-12)16(19,20)21/h3-6,11H,2,7-8H2,1H3. The summed E-state index contributed by atoms with van der Waals surface area (Å²) in [5, 5.41) is 4.14. The monoisotopic (exact) mass is 391 g/mol. The van der Waals surface area contributed by atoms with Crippen molar-refractivity contribution in [3.8, 4) is 11.4 Å². The van der Waals surface area contributed by atoms with Gasteiger partial charge in [0.15, 0.2) is 0 Å². The zero-order chi connectivity index (χ0) is 19.8. The second-order valence-electron chi connectivity index (χ2n) is 5.93. The fourth-order valence-electron chi connectivity index (χ4n) is 2.38. The van der Waals surface area contributed by atoms with Gasteiger partial charge in [0.2, 0.25) is 5.82 Å². The maximum Gasteiger partial charge on any atom is 0.471 e. The van der Waals surface area contributed by atoms with Crippen LogP contribution in [0.15, 0.2) is 28.8 Å².